The Morgan fingerprint density at radius 3 is 2.83 bits per heavy atom. The van der Waals surface area contributed by atoms with Gasteiger partial charge in [-0.2, -0.15) is 5.26 Å². The normalized spacial score (nSPS) is 15.0. The minimum absolute atomic E-state index is 0.439. The molecule has 0 unspecified atom stereocenters. The van der Waals surface area contributed by atoms with Crippen LogP contribution >= 0.6 is 11.3 Å². The Morgan fingerprint density at radius 2 is 2.10 bits per heavy atom. The van der Waals surface area contributed by atoms with Crippen LogP contribution in [0.2, 0.25) is 0 Å². The minimum atomic E-state index is 0.439. The average molecular weight is 425 g/mol. The van der Waals surface area contributed by atoms with Crippen molar-refractivity contribution in [1.82, 2.24) is 15.4 Å². The lowest BCUT2D eigenvalue weighted by atomic mass is 9.92. The molecule has 6 nitrogen and oxygen atoms in total. The lowest BCUT2D eigenvalue weighted by Gasteiger charge is -2.21. The first-order valence-electron chi connectivity index (χ1n) is 10.5. The summed E-state index contributed by atoms with van der Waals surface area (Å²) < 4.78 is 12.0. The van der Waals surface area contributed by atoms with E-state index < -0.39 is 0 Å². The predicted octanol–water partition coefficient (Wildman–Crippen LogP) is 4.33. The molecule has 1 saturated heterocycles. The molecular weight excluding hydrogens is 396 g/mol. The molecule has 1 fully saturated rings. The van der Waals surface area contributed by atoms with E-state index in [2.05, 4.69) is 27.5 Å². The molecule has 0 saturated carbocycles. The van der Waals surface area contributed by atoms with E-state index in [9.17, 15) is 0 Å². The van der Waals surface area contributed by atoms with Crippen molar-refractivity contribution < 1.29 is 9.26 Å². The lowest BCUT2D eigenvalue weighted by molar-refractivity contribution is 0.298. The molecule has 0 amide bonds. The van der Waals surface area contributed by atoms with Gasteiger partial charge in [0, 0.05) is 16.8 Å². The van der Waals surface area contributed by atoms with Gasteiger partial charge in [-0.1, -0.05) is 5.16 Å². The first-order valence-corrected chi connectivity index (χ1v) is 11.3. The van der Waals surface area contributed by atoms with Crippen molar-refractivity contribution in [2.45, 2.75) is 38.8 Å². The van der Waals surface area contributed by atoms with Crippen molar-refractivity contribution in [2.24, 2.45) is 5.92 Å². The molecule has 2 aromatic heterocycles. The third-order valence-corrected chi connectivity index (χ3v) is 6.60. The van der Waals surface area contributed by atoms with Gasteiger partial charge in [0.05, 0.1) is 11.3 Å². The number of aryl methyl sites for hydroxylation is 1. The number of hydrogen-bond acceptors (Lipinski definition) is 7. The molecule has 1 aliphatic heterocycles. The van der Waals surface area contributed by atoms with Crippen LogP contribution < -0.4 is 10.1 Å². The van der Waals surface area contributed by atoms with Crippen LogP contribution in [0.5, 0.6) is 5.75 Å². The number of aromatic nitrogens is 1. The van der Waals surface area contributed by atoms with Gasteiger partial charge in [0.25, 0.3) is 0 Å². The fourth-order valence-corrected chi connectivity index (χ4v) is 4.77. The van der Waals surface area contributed by atoms with Gasteiger partial charge in [0.1, 0.15) is 23.3 Å². The topological polar surface area (TPSA) is 74.3 Å². The van der Waals surface area contributed by atoms with E-state index in [1.807, 2.05) is 32.3 Å². The van der Waals surface area contributed by atoms with E-state index in [1.165, 1.54) is 24.2 Å². The number of fused-ring (bicyclic) bond motifs is 1. The van der Waals surface area contributed by atoms with Crippen molar-refractivity contribution in [3.8, 4) is 11.8 Å². The highest BCUT2D eigenvalue weighted by Crippen LogP contribution is 2.33. The Bertz CT molecular complexity index is 1030. The number of thiophene rings is 1. The van der Waals surface area contributed by atoms with Crippen molar-refractivity contribution in [3.63, 3.8) is 0 Å². The van der Waals surface area contributed by atoms with Gasteiger partial charge in [-0.05, 0) is 83.1 Å². The molecule has 3 aromatic rings. The van der Waals surface area contributed by atoms with Crippen molar-refractivity contribution >= 4 is 22.3 Å². The molecule has 0 spiro atoms. The van der Waals surface area contributed by atoms with Crippen LogP contribution in [0.1, 0.15) is 40.3 Å². The fourth-order valence-electron chi connectivity index (χ4n) is 4.05. The van der Waals surface area contributed by atoms with Crippen LogP contribution in [0, 0.1) is 17.2 Å². The van der Waals surface area contributed by atoms with Gasteiger partial charge in [0.2, 0.25) is 0 Å². The highest BCUT2D eigenvalue weighted by molar-refractivity contribution is 7.12. The minimum Gasteiger partial charge on any atom is -0.488 e. The van der Waals surface area contributed by atoms with Gasteiger partial charge >= 0.3 is 0 Å². The number of nitrogens with zero attached hydrogens (tertiary/aromatic N) is 3. The summed E-state index contributed by atoms with van der Waals surface area (Å²) in [4.78, 5) is 3.84. The molecule has 30 heavy (non-hydrogen) atoms. The van der Waals surface area contributed by atoms with E-state index in [0.29, 0.717) is 18.0 Å². The molecule has 1 aliphatic rings. The van der Waals surface area contributed by atoms with Gasteiger partial charge in [-0.3, -0.25) is 0 Å². The Hall–Kier alpha value is -2.40. The Morgan fingerprint density at radius 1 is 1.27 bits per heavy atom. The molecular formula is C23H28N4O2S. The lowest BCUT2D eigenvalue weighted by Crippen LogP contribution is -2.27. The number of nitriles is 1. The number of piperidine rings is 1. The SMILES string of the molecule is CN(C)Cc1c(OCc2ccc(C#N)s2)ccc2c(CCC3CCNCC3)noc12. The predicted molar refractivity (Wildman–Crippen MR) is 119 cm³/mol. The molecule has 0 radical (unpaired) electrons. The second kappa shape index (κ2) is 9.61. The van der Waals surface area contributed by atoms with Gasteiger partial charge in [-0.25, -0.2) is 0 Å². The zero-order chi connectivity index (χ0) is 20.9. The maximum absolute atomic E-state index is 9.02. The molecule has 0 bridgehead atoms. The van der Waals surface area contributed by atoms with Crippen LogP contribution in [0.3, 0.4) is 0 Å². The van der Waals surface area contributed by atoms with Crippen LogP contribution in [0.25, 0.3) is 11.0 Å². The Labute approximate surface area is 181 Å². The van der Waals surface area contributed by atoms with Gasteiger partial charge in [0.15, 0.2) is 5.58 Å². The van der Waals surface area contributed by atoms with E-state index in [4.69, 9.17) is 14.5 Å². The standard InChI is InChI=1S/C23H28N4O2S/c1-27(2)14-20-22(28-15-18-5-4-17(13-24)30-18)8-6-19-21(26-29-23(19)20)7-3-16-9-11-25-12-10-16/h4-6,8,16,25H,3,7,9-12,14-15H2,1-2H3. The number of benzene rings is 1. The van der Waals surface area contributed by atoms with Crippen molar-refractivity contribution in [1.29, 1.82) is 5.26 Å². The maximum Gasteiger partial charge on any atom is 0.175 e. The largest absolute Gasteiger partial charge is 0.488 e. The van der Waals surface area contributed by atoms with Crippen molar-refractivity contribution in [3.05, 3.63) is 45.3 Å². The number of nitrogens with one attached hydrogen (secondary N) is 1. The van der Waals surface area contributed by atoms with E-state index in [1.54, 1.807) is 0 Å². The molecule has 0 atom stereocenters. The number of hydrogen-bond donors (Lipinski definition) is 1. The van der Waals surface area contributed by atoms with Crippen LogP contribution in [-0.2, 0) is 19.6 Å². The maximum atomic E-state index is 9.02. The number of rotatable bonds is 8. The first kappa shape index (κ1) is 20.9. The van der Waals surface area contributed by atoms with E-state index in [-0.39, 0.29) is 0 Å². The van der Waals surface area contributed by atoms with Gasteiger partial charge in [-0.15, -0.1) is 11.3 Å². The van der Waals surface area contributed by atoms with E-state index in [0.717, 1.165) is 64.7 Å². The molecule has 0 aliphatic carbocycles. The summed E-state index contributed by atoms with van der Waals surface area (Å²) in [5.74, 6) is 1.58. The quantitative estimate of drug-likeness (QED) is 0.580. The fraction of sp³-hybridized carbons (Fsp3) is 0.478. The Balaban J connectivity index is 1.54. The second-order valence-electron chi connectivity index (χ2n) is 8.18. The summed E-state index contributed by atoms with van der Waals surface area (Å²) >= 11 is 1.46. The summed E-state index contributed by atoms with van der Waals surface area (Å²) in [6.45, 7) is 3.40. The third-order valence-electron chi connectivity index (χ3n) is 5.64. The first-order chi connectivity index (χ1) is 14.6. The summed E-state index contributed by atoms with van der Waals surface area (Å²) in [5, 5.41) is 18.0. The average Bonchev–Trinajstić information content (AvgIpc) is 3.39. The van der Waals surface area contributed by atoms with Crippen LogP contribution in [0.15, 0.2) is 28.8 Å². The van der Waals surface area contributed by atoms with E-state index >= 15 is 0 Å². The smallest absolute Gasteiger partial charge is 0.175 e. The third kappa shape index (κ3) is 4.84. The molecule has 3 heterocycles. The summed E-state index contributed by atoms with van der Waals surface area (Å²) in [6, 6.07) is 10.1. The molecule has 4 rings (SSSR count). The molecule has 1 N–H and O–H groups in total. The summed E-state index contributed by atoms with van der Waals surface area (Å²) in [5.41, 5.74) is 2.90. The zero-order valence-corrected chi connectivity index (χ0v) is 18.4. The van der Waals surface area contributed by atoms with Gasteiger partial charge < -0.3 is 19.5 Å². The second-order valence-corrected chi connectivity index (χ2v) is 9.35. The van der Waals surface area contributed by atoms with Crippen LogP contribution in [-0.4, -0.2) is 37.2 Å². The molecule has 1 aromatic carbocycles. The Kier molecular flexibility index (Phi) is 6.68. The van der Waals surface area contributed by atoms with Crippen LogP contribution in [0.4, 0.5) is 0 Å². The monoisotopic (exact) mass is 424 g/mol. The highest BCUT2D eigenvalue weighted by atomic mass is 32.1. The number of ether oxygens (including phenoxy) is 1. The highest BCUT2D eigenvalue weighted by Gasteiger charge is 2.19. The molecule has 158 valence electrons. The zero-order valence-electron chi connectivity index (χ0n) is 17.6. The summed E-state index contributed by atoms with van der Waals surface area (Å²) in [6.07, 6.45) is 4.60. The summed E-state index contributed by atoms with van der Waals surface area (Å²) in [7, 11) is 4.07. The molecule has 7 heteroatoms. The van der Waals surface area contributed by atoms with Crippen molar-refractivity contribution in [2.75, 3.05) is 27.2 Å².